The van der Waals surface area contributed by atoms with Crippen LogP contribution in [-0.2, 0) is 29.2 Å². The molecule has 3 aromatic carbocycles. The third-order valence-electron chi connectivity index (χ3n) is 6.78. The molecule has 3 amide bonds. The number of benzene rings is 3. The second-order valence-electron chi connectivity index (χ2n) is 9.58. The molecule has 0 bridgehead atoms. The first-order chi connectivity index (χ1) is 20.2. The summed E-state index contributed by atoms with van der Waals surface area (Å²) in [6.45, 7) is 2.72. The second-order valence-corrected chi connectivity index (χ2v) is 11.0. The Morgan fingerprint density at radius 2 is 1.88 bits per heavy atom. The molecule has 0 atom stereocenters. The highest BCUT2D eigenvalue weighted by Crippen LogP contribution is 2.39. The van der Waals surface area contributed by atoms with Gasteiger partial charge in [0.2, 0.25) is 5.91 Å². The summed E-state index contributed by atoms with van der Waals surface area (Å²) in [6, 6.07) is 17.2. The second kappa shape index (κ2) is 12.7. The number of halogens is 1. The van der Waals surface area contributed by atoms with E-state index in [0.717, 1.165) is 28.6 Å². The Morgan fingerprint density at radius 1 is 1.10 bits per heavy atom. The molecule has 0 unspecified atom stereocenters. The molecule has 0 aromatic heterocycles. The molecule has 0 spiro atoms. The van der Waals surface area contributed by atoms with E-state index < -0.39 is 16.1 Å². The molecular weight excluding hydrogens is 582 g/mol. The highest BCUT2D eigenvalue weighted by Gasteiger charge is 2.37. The predicted molar refractivity (Wildman–Crippen MR) is 158 cm³/mol. The van der Waals surface area contributed by atoms with E-state index in [4.69, 9.17) is 21.1 Å². The zero-order valence-electron chi connectivity index (χ0n) is 22.6. The van der Waals surface area contributed by atoms with Crippen molar-refractivity contribution in [1.82, 2.24) is 9.80 Å². The number of imide groups is 1. The number of fused-ring (bicyclic) bond motifs is 1. The molecule has 42 heavy (non-hydrogen) atoms. The Kier molecular flexibility index (Phi) is 8.79. The Balaban J connectivity index is 1.29. The molecule has 2 heterocycles. The lowest BCUT2D eigenvalue weighted by atomic mass is 10.00. The fourth-order valence-electron chi connectivity index (χ4n) is 4.72. The van der Waals surface area contributed by atoms with E-state index in [1.165, 1.54) is 23.8 Å². The van der Waals surface area contributed by atoms with Gasteiger partial charge in [0.25, 0.3) is 16.8 Å². The van der Waals surface area contributed by atoms with Gasteiger partial charge in [-0.25, -0.2) is 0 Å². The first-order valence-electron chi connectivity index (χ1n) is 13.2. The molecule has 12 heteroatoms. The Hall–Kier alpha value is -4.35. The number of carbonyl (C=O) groups is 3. The predicted octanol–water partition coefficient (Wildman–Crippen LogP) is 5.85. The van der Waals surface area contributed by atoms with Crippen molar-refractivity contribution < 1.29 is 28.8 Å². The van der Waals surface area contributed by atoms with Crippen molar-refractivity contribution in [3.05, 3.63) is 103 Å². The number of amides is 3. The molecule has 0 saturated carbocycles. The van der Waals surface area contributed by atoms with Crippen LogP contribution in [0.15, 0.2) is 65.6 Å². The quantitative estimate of drug-likeness (QED) is 0.169. The largest absolute Gasteiger partial charge is 0.490 e. The standard InChI is InChI=1S/C30H26ClN3O7S/c1-2-40-25-14-20(13-24(31)28(25)41-18-19-6-5-9-23(12-19)34(38)39)15-26-29(36)33(30(37)42-26)17-27(35)32-11-10-21-7-3-4-8-22(21)16-32/h3-9,12-15H,2,10-11,16-18H2,1H3/b26-15-. The van der Waals surface area contributed by atoms with Gasteiger partial charge in [0.1, 0.15) is 13.2 Å². The number of hydrogen-bond acceptors (Lipinski definition) is 8. The lowest BCUT2D eigenvalue weighted by molar-refractivity contribution is -0.384. The fraction of sp³-hybridized carbons (Fsp3) is 0.233. The van der Waals surface area contributed by atoms with Crippen LogP contribution in [0.5, 0.6) is 11.5 Å². The number of nitrogens with zero attached hydrogens (tertiary/aromatic N) is 3. The van der Waals surface area contributed by atoms with Crippen LogP contribution in [0.4, 0.5) is 10.5 Å². The van der Waals surface area contributed by atoms with E-state index in [2.05, 4.69) is 0 Å². The van der Waals surface area contributed by atoms with Gasteiger partial charge < -0.3 is 14.4 Å². The minimum atomic E-state index is -0.559. The third kappa shape index (κ3) is 6.42. The lowest BCUT2D eigenvalue weighted by Crippen LogP contribution is -2.44. The summed E-state index contributed by atoms with van der Waals surface area (Å²) in [4.78, 5) is 52.2. The van der Waals surface area contributed by atoms with Crippen LogP contribution in [0.25, 0.3) is 6.08 Å². The maximum Gasteiger partial charge on any atom is 0.294 e. The van der Waals surface area contributed by atoms with Crippen LogP contribution < -0.4 is 9.47 Å². The SMILES string of the molecule is CCOc1cc(/C=C2\SC(=O)N(CC(=O)N3CCc4ccccc4C3)C2=O)cc(Cl)c1OCc1cccc([N+](=O)[O-])c1. The van der Waals surface area contributed by atoms with Gasteiger partial charge in [-0.15, -0.1) is 0 Å². The van der Waals surface area contributed by atoms with Crippen molar-refractivity contribution in [3.63, 3.8) is 0 Å². The van der Waals surface area contributed by atoms with E-state index in [-0.39, 0.29) is 40.4 Å². The van der Waals surface area contributed by atoms with Gasteiger partial charge in [-0.05, 0) is 65.6 Å². The van der Waals surface area contributed by atoms with Crippen LogP contribution in [-0.4, -0.2) is 51.5 Å². The number of nitro groups is 1. The summed E-state index contributed by atoms with van der Waals surface area (Å²) in [7, 11) is 0. The van der Waals surface area contributed by atoms with Crippen LogP contribution in [0.3, 0.4) is 0 Å². The van der Waals surface area contributed by atoms with Crippen molar-refractivity contribution in [3.8, 4) is 11.5 Å². The van der Waals surface area contributed by atoms with Crippen LogP contribution in [0.1, 0.15) is 29.2 Å². The van der Waals surface area contributed by atoms with Crippen molar-refractivity contribution in [2.75, 3.05) is 19.7 Å². The number of hydrogen-bond donors (Lipinski definition) is 0. The van der Waals surface area contributed by atoms with Gasteiger partial charge in [-0.3, -0.25) is 29.4 Å². The molecule has 216 valence electrons. The molecule has 0 N–H and O–H groups in total. The Bertz CT molecular complexity index is 1610. The van der Waals surface area contributed by atoms with E-state index >= 15 is 0 Å². The molecular formula is C30H26ClN3O7S. The van der Waals surface area contributed by atoms with E-state index in [1.807, 2.05) is 24.3 Å². The highest BCUT2D eigenvalue weighted by atomic mass is 35.5. The summed E-state index contributed by atoms with van der Waals surface area (Å²) >= 11 is 7.28. The number of nitro benzene ring substituents is 1. The monoisotopic (exact) mass is 607 g/mol. The summed E-state index contributed by atoms with van der Waals surface area (Å²) < 4.78 is 11.6. The van der Waals surface area contributed by atoms with Gasteiger partial charge >= 0.3 is 0 Å². The average molecular weight is 608 g/mol. The van der Waals surface area contributed by atoms with Gasteiger partial charge in [-0.2, -0.15) is 0 Å². The summed E-state index contributed by atoms with van der Waals surface area (Å²) in [5.41, 5.74) is 3.27. The van der Waals surface area contributed by atoms with Gasteiger partial charge in [0.05, 0.1) is 21.5 Å². The van der Waals surface area contributed by atoms with Crippen LogP contribution in [0.2, 0.25) is 5.02 Å². The van der Waals surface area contributed by atoms with Crippen LogP contribution >= 0.6 is 23.4 Å². The molecule has 2 aliphatic heterocycles. The summed E-state index contributed by atoms with van der Waals surface area (Å²) in [5.74, 6) is -0.304. The number of non-ortho nitro benzene ring substituents is 1. The lowest BCUT2D eigenvalue weighted by Gasteiger charge is -2.29. The number of rotatable bonds is 9. The topological polar surface area (TPSA) is 119 Å². The zero-order valence-corrected chi connectivity index (χ0v) is 24.2. The smallest absolute Gasteiger partial charge is 0.294 e. The van der Waals surface area contributed by atoms with Gasteiger partial charge in [-0.1, -0.05) is 48.0 Å². The number of thioether (sulfide) groups is 1. The molecule has 10 nitrogen and oxygen atoms in total. The van der Waals surface area contributed by atoms with Gasteiger partial charge in [0.15, 0.2) is 11.5 Å². The first-order valence-corrected chi connectivity index (χ1v) is 14.4. The van der Waals surface area contributed by atoms with Gasteiger partial charge in [0, 0.05) is 25.2 Å². The highest BCUT2D eigenvalue weighted by molar-refractivity contribution is 8.18. The molecule has 1 fully saturated rings. The molecule has 3 aromatic rings. The minimum absolute atomic E-state index is 0.0103. The van der Waals surface area contributed by atoms with E-state index in [9.17, 15) is 24.5 Å². The van der Waals surface area contributed by atoms with Crippen molar-refractivity contribution in [1.29, 1.82) is 0 Å². The molecule has 0 aliphatic carbocycles. The molecule has 1 saturated heterocycles. The summed E-state index contributed by atoms with van der Waals surface area (Å²) in [5, 5.41) is 10.7. The Labute approximate surface area is 251 Å². The van der Waals surface area contributed by atoms with Crippen molar-refractivity contribution in [2.24, 2.45) is 0 Å². The number of ether oxygens (including phenoxy) is 2. The summed E-state index contributed by atoms with van der Waals surface area (Å²) in [6.07, 6.45) is 2.24. The van der Waals surface area contributed by atoms with Crippen LogP contribution in [0, 0.1) is 10.1 Å². The maximum atomic E-state index is 13.1. The fourth-order valence-corrected chi connectivity index (χ4v) is 5.83. The first kappa shape index (κ1) is 29.2. The molecule has 2 aliphatic rings. The maximum absolute atomic E-state index is 13.1. The van der Waals surface area contributed by atoms with E-state index in [0.29, 0.717) is 36.6 Å². The normalized spacial score (nSPS) is 15.6. The van der Waals surface area contributed by atoms with Crippen molar-refractivity contribution in [2.45, 2.75) is 26.5 Å². The minimum Gasteiger partial charge on any atom is -0.490 e. The average Bonchev–Trinajstić information content (AvgIpc) is 3.23. The molecule has 0 radical (unpaired) electrons. The zero-order chi connectivity index (χ0) is 29.8. The van der Waals surface area contributed by atoms with Crippen molar-refractivity contribution >= 4 is 52.2 Å². The van der Waals surface area contributed by atoms with E-state index in [1.54, 1.807) is 36.1 Å². The third-order valence-corrected chi connectivity index (χ3v) is 7.97. The Morgan fingerprint density at radius 3 is 2.64 bits per heavy atom. The molecule has 5 rings (SSSR count). The number of carbonyl (C=O) groups excluding carboxylic acids is 3.